The van der Waals surface area contributed by atoms with Crippen LogP contribution in [0.2, 0.25) is 0 Å². The highest BCUT2D eigenvalue weighted by Gasteiger charge is 2.46. The molecule has 0 aromatic heterocycles. The van der Waals surface area contributed by atoms with Crippen LogP contribution in [0, 0.1) is 5.92 Å². The smallest absolute Gasteiger partial charge is 0.110 e. The van der Waals surface area contributed by atoms with Crippen LogP contribution in [0.5, 0.6) is 0 Å². The van der Waals surface area contributed by atoms with Gasteiger partial charge in [-0.2, -0.15) is 0 Å². The molecule has 0 bridgehead atoms. The second kappa shape index (κ2) is 8.86. The Morgan fingerprint density at radius 3 is 2.72 bits per heavy atom. The normalized spacial score (nSPS) is 29.7. The standard InChI is InChI=1S/C30H34N2/c1-7-9-11-23(10-8-2)27-19-22(5)32-30(6)28(27)17-16-25-26(18-21(4)31-29(25)30)24-14-12-20(3)13-15-24/h8-12,14-20,29H,2,7,13H2,1,3-6H3/b11-9-,23-10+. The Balaban J connectivity index is 1.85. The van der Waals surface area contributed by atoms with E-state index in [1.165, 1.54) is 33.4 Å². The second-order valence-electron chi connectivity index (χ2n) is 9.29. The van der Waals surface area contributed by atoms with Crippen molar-refractivity contribution < 1.29 is 0 Å². The van der Waals surface area contributed by atoms with Crippen molar-refractivity contribution >= 4 is 11.4 Å². The summed E-state index contributed by atoms with van der Waals surface area (Å²) in [6.45, 7) is 14.8. The minimum Gasteiger partial charge on any atom is -0.279 e. The van der Waals surface area contributed by atoms with Crippen molar-refractivity contribution in [3.05, 3.63) is 107 Å². The van der Waals surface area contributed by atoms with Crippen molar-refractivity contribution in [3.8, 4) is 0 Å². The lowest BCUT2D eigenvalue weighted by Gasteiger charge is -2.43. The lowest BCUT2D eigenvalue weighted by molar-refractivity contribution is 0.477. The topological polar surface area (TPSA) is 24.7 Å². The van der Waals surface area contributed by atoms with Crippen LogP contribution in [-0.2, 0) is 0 Å². The van der Waals surface area contributed by atoms with Gasteiger partial charge in [-0.1, -0.05) is 75.1 Å². The van der Waals surface area contributed by atoms with Crippen LogP contribution >= 0.6 is 0 Å². The lowest BCUT2D eigenvalue weighted by Crippen LogP contribution is -2.46. The third-order valence-electron chi connectivity index (χ3n) is 6.62. The van der Waals surface area contributed by atoms with Crippen LogP contribution < -0.4 is 0 Å². The largest absolute Gasteiger partial charge is 0.279 e. The van der Waals surface area contributed by atoms with Crippen molar-refractivity contribution in [3.63, 3.8) is 0 Å². The Morgan fingerprint density at radius 1 is 1.22 bits per heavy atom. The zero-order valence-corrected chi connectivity index (χ0v) is 20.0. The third kappa shape index (κ3) is 3.95. The molecule has 4 aliphatic rings. The predicted octanol–water partition coefficient (Wildman–Crippen LogP) is 7.38. The summed E-state index contributed by atoms with van der Waals surface area (Å²) in [5.41, 5.74) is 9.14. The SMILES string of the molecule is C=C/C=C(\C=C/CC)C1=CC(C)=NC2(C)C1=CC=C1C(C3=CCC(C)C=C3)=CC(C)=NC12. The molecular weight excluding hydrogens is 388 g/mol. The Morgan fingerprint density at radius 2 is 2.03 bits per heavy atom. The first-order valence-electron chi connectivity index (χ1n) is 11.7. The highest BCUT2D eigenvalue weighted by atomic mass is 15.0. The van der Waals surface area contributed by atoms with Crippen LogP contribution in [0.3, 0.4) is 0 Å². The van der Waals surface area contributed by atoms with E-state index in [9.17, 15) is 0 Å². The van der Waals surface area contributed by atoms with E-state index in [1.54, 1.807) is 0 Å². The van der Waals surface area contributed by atoms with Gasteiger partial charge >= 0.3 is 0 Å². The molecule has 3 unspecified atom stereocenters. The zero-order valence-electron chi connectivity index (χ0n) is 20.0. The van der Waals surface area contributed by atoms with Gasteiger partial charge in [-0.05, 0) is 85.1 Å². The van der Waals surface area contributed by atoms with Crippen LogP contribution in [0.4, 0.5) is 0 Å². The molecule has 0 N–H and O–H groups in total. The summed E-state index contributed by atoms with van der Waals surface area (Å²) >= 11 is 0. The monoisotopic (exact) mass is 422 g/mol. The Hall–Kier alpha value is -3.00. The van der Waals surface area contributed by atoms with Crippen molar-refractivity contribution in [2.45, 2.75) is 59.0 Å². The Bertz CT molecular complexity index is 1140. The van der Waals surface area contributed by atoms with E-state index < -0.39 is 5.54 Å². The average molecular weight is 423 g/mol. The minimum absolute atomic E-state index is 0.0325. The van der Waals surface area contributed by atoms with Gasteiger partial charge in [-0.3, -0.25) is 9.98 Å². The number of dihydropyridines is 2. The number of hydrogen-bond acceptors (Lipinski definition) is 2. The van der Waals surface area contributed by atoms with Crippen LogP contribution in [0.25, 0.3) is 0 Å². The maximum atomic E-state index is 5.20. The number of fused-ring (bicyclic) bond motifs is 3. The van der Waals surface area contributed by atoms with Gasteiger partial charge < -0.3 is 0 Å². The molecule has 0 radical (unpaired) electrons. The van der Waals surface area contributed by atoms with Gasteiger partial charge in [0.15, 0.2) is 0 Å². The second-order valence-corrected chi connectivity index (χ2v) is 9.29. The molecular formula is C30H34N2. The molecule has 4 rings (SSSR count). The predicted molar refractivity (Wildman–Crippen MR) is 139 cm³/mol. The van der Waals surface area contributed by atoms with Gasteiger partial charge in [-0.25, -0.2) is 0 Å². The molecule has 2 heteroatoms. The quantitative estimate of drug-likeness (QED) is 0.413. The van der Waals surface area contributed by atoms with Crippen LogP contribution in [0.1, 0.15) is 47.5 Å². The molecule has 0 saturated carbocycles. The fourth-order valence-electron chi connectivity index (χ4n) is 5.04. The Labute approximate surface area is 193 Å². The summed E-state index contributed by atoms with van der Waals surface area (Å²) in [6.07, 6.45) is 26.4. The number of hydrogen-bond donors (Lipinski definition) is 0. The van der Waals surface area contributed by atoms with Crippen LogP contribution in [-0.4, -0.2) is 23.0 Å². The maximum Gasteiger partial charge on any atom is 0.110 e. The van der Waals surface area contributed by atoms with Gasteiger partial charge in [-0.15, -0.1) is 0 Å². The summed E-state index contributed by atoms with van der Waals surface area (Å²) in [5.74, 6) is 0.599. The molecule has 0 fully saturated rings. The average Bonchev–Trinajstić information content (AvgIpc) is 2.76. The highest BCUT2D eigenvalue weighted by molar-refractivity contribution is 6.00. The molecule has 0 aromatic carbocycles. The zero-order chi connectivity index (χ0) is 22.9. The summed E-state index contributed by atoms with van der Waals surface area (Å²) in [7, 11) is 0. The van der Waals surface area contributed by atoms with Gasteiger partial charge in [0.1, 0.15) is 11.6 Å². The van der Waals surface area contributed by atoms with Gasteiger partial charge in [0, 0.05) is 11.4 Å². The van der Waals surface area contributed by atoms with E-state index >= 15 is 0 Å². The first-order valence-corrected chi connectivity index (χ1v) is 11.7. The molecule has 32 heavy (non-hydrogen) atoms. The number of aliphatic imine (C=N–C) groups is 2. The summed E-state index contributed by atoms with van der Waals surface area (Å²) in [4.78, 5) is 10.3. The lowest BCUT2D eigenvalue weighted by atomic mass is 9.68. The highest BCUT2D eigenvalue weighted by Crippen LogP contribution is 2.47. The van der Waals surface area contributed by atoms with Crippen molar-refractivity contribution in [2.75, 3.05) is 0 Å². The summed E-state index contributed by atoms with van der Waals surface area (Å²) in [5, 5.41) is 0. The molecule has 0 spiro atoms. The maximum absolute atomic E-state index is 5.20. The number of nitrogens with zero attached hydrogens (tertiary/aromatic N) is 2. The molecule has 164 valence electrons. The van der Waals surface area contributed by atoms with Gasteiger partial charge in [0.05, 0.1) is 0 Å². The van der Waals surface area contributed by atoms with Crippen molar-refractivity contribution in [2.24, 2.45) is 15.9 Å². The molecule has 2 aliphatic carbocycles. The first-order chi connectivity index (χ1) is 15.4. The molecule has 0 amide bonds. The van der Waals surface area contributed by atoms with Crippen molar-refractivity contribution in [1.82, 2.24) is 0 Å². The third-order valence-corrected chi connectivity index (χ3v) is 6.62. The molecule has 2 nitrogen and oxygen atoms in total. The number of allylic oxidation sites excluding steroid dienone is 13. The van der Waals surface area contributed by atoms with E-state index in [0.29, 0.717) is 5.92 Å². The van der Waals surface area contributed by atoms with E-state index in [1.807, 2.05) is 6.08 Å². The molecule has 2 aliphatic heterocycles. The molecule has 3 atom stereocenters. The van der Waals surface area contributed by atoms with Gasteiger partial charge in [0.2, 0.25) is 0 Å². The van der Waals surface area contributed by atoms with E-state index in [-0.39, 0.29) is 6.04 Å². The fraction of sp³-hybridized carbons (Fsp3) is 0.333. The minimum atomic E-state index is -0.439. The Kier molecular flexibility index (Phi) is 6.15. The van der Waals surface area contributed by atoms with E-state index in [0.717, 1.165) is 24.3 Å². The van der Waals surface area contributed by atoms with E-state index in [2.05, 4.69) is 102 Å². The van der Waals surface area contributed by atoms with Gasteiger partial charge in [0.25, 0.3) is 0 Å². The first kappa shape index (κ1) is 22.2. The van der Waals surface area contributed by atoms with Crippen molar-refractivity contribution in [1.29, 1.82) is 0 Å². The van der Waals surface area contributed by atoms with Crippen LogP contribution in [0.15, 0.2) is 117 Å². The molecule has 0 aromatic rings. The van der Waals surface area contributed by atoms with E-state index in [4.69, 9.17) is 9.98 Å². The molecule has 0 saturated heterocycles. The summed E-state index contributed by atoms with van der Waals surface area (Å²) < 4.78 is 0. The fourth-order valence-corrected chi connectivity index (χ4v) is 5.04. The summed E-state index contributed by atoms with van der Waals surface area (Å²) in [6, 6.07) is -0.0325. The molecule has 2 heterocycles. The number of rotatable bonds is 5.